The lowest BCUT2D eigenvalue weighted by atomic mass is 9.99. The third kappa shape index (κ3) is 4.17. The van der Waals surface area contributed by atoms with Crippen LogP contribution in [0.2, 0.25) is 0 Å². The number of hydrogen-bond donors (Lipinski definition) is 1. The molecule has 6 nitrogen and oxygen atoms in total. The number of carbonyl (C=O) groups is 2. The molecule has 2 amide bonds. The van der Waals surface area contributed by atoms with Crippen LogP contribution in [0.4, 0.5) is 0 Å². The largest absolute Gasteiger partial charge is 0.347 e. The van der Waals surface area contributed by atoms with Crippen LogP contribution in [0.5, 0.6) is 0 Å². The number of hydrogen-bond acceptors (Lipinski definition) is 4. The predicted molar refractivity (Wildman–Crippen MR) is 81.9 cm³/mol. The van der Waals surface area contributed by atoms with Crippen LogP contribution in [0.3, 0.4) is 0 Å². The Morgan fingerprint density at radius 2 is 1.86 bits per heavy atom. The first-order chi connectivity index (χ1) is 9.99. The molecule has 1 N–H and O–H groups in total. The highest BCUT2D eigenvalue weighted by molar-refractivity contribution is 5.84. The summed E-state index contributed by atoms with van der Waals surface area (Å²) in [5.74, 6) is 0.957. The maximum absolute atomic E-state index is 12.4. The normalized spacial score (nSPS) is 24.9. The van der Waals surface area contributed by atoms with Gasteiger partial charge in [0.2, 0.25) is 11.8 Å². The lowest BCUT2D eigenvalue weighted by Crippen LogP contribution is -2.59. The zero-order valence-electron chi connectivity index (χ0n) is 13.5. The fourth-order valence-electron chi connectivity index (χ4n) is 3.01. The molecule has 120 valence electrons. The standard InChI is InChI=1S/C15H28N4O2/c1-12-4-7-18(8-5-12)14(20)11-19-9-6-16-10-13(19)15(21)17(2)3/h12-13,16H,4-11H2,1-3H3. The molecule has 6 heteroatoms. The first kappa shape index (κ1) is 16.2. The van der Waals surface area contributed by atoms with E-state index in [1.807, 2.05) is 9.80 Å². The van der Waals surface area contributed by atoms with Crippen molar-refractivity contribution in [1.82, 2.24) is 20.0 Å². The van der Waals surface area contributed by atoms with E-state index in [0.29, 0.717) is 13.1 Å². The average molecular weight is 296 g/mol. The minimum Gasteiger partial charge on any atom is -0.347 e. The molecule has 2 saturated heterocycles. The van der Waals surface area contributed by atoms with Gasteiger partial charge in [-0.1, -0.05) is 6.92 Å². The fraction of sp³-hybridized carbons (Fsp3) is 0.867. The van der Waals surface area contributed by atoms with Crippen molar-refractivity contribution >= 4 is 11.8 Å². The maximum Gasteiger partial charge on any atom is 0.240 e. The molecule has 0 aromatic heterocycles. The van der Waals surface area contributed by atoms with Crippen LogP contribution in [-0.2, 0) is 9.59 Å². The quantitative estimate of drug-likeness (QED) is 0.770. The number of likely N-dealkylation sites (tertiary alicyclic amines) is 1. The van der Waals surface area contributed by atoms with Gasteiger partial charge >= 0.3 is 0 Å². The van der Waals surface area contributed by atoms with E-state index in [-0.39, 0.29) is 17.9 Å². The van der Waals surface area contributed by atoms with Crippen molar-refractivity contribution in [3.63, 3.8) is 0 Å². The van der Waals surface area contributed by atoms with Gasteiger partial charge in [-0.3, -0.25) is 14.5 Å². The predicted octanol–water partition coefficient (Wildman–Crippen LogP) is -0.393. The Balaban J connectivity index is 1.92. The molecule has 1 unspecified atom stereocenters. The number of amides is 2. The van der Waals surface area contributed by atoms with E-state index < -0.39 is 0 Å². The van der Waals surface area contributed by atoms with Crippen LogP contribution < -0.4 is 5.32 Å². The molecule has 21 heavy (non-hydrogen) atoms. The minimum absolute atomic E-state index is 0.0715. The van der Waals surface area contributed by atoms with Gasteiger partial charge in [-0.25, -0.2) is 0 Å². The van der Waals surface area contributed by atoms with Crippen molar-refractivity contribution in [1.29, 1.82) is 0 Å². The van der Waals surface area contributed by atoms with Gasteiger partial charge in [-0.05, 0) is 18.8 Å². The van der Waals surface area contributed by atoms with Crippen LogP contribution in [0.1, 0.15) is 19.8 Å². The second-order valence-corrected chi connectivity index (χ2v) is 6.49. The molecule has 0 radical (unpaired) electrons. The SMILES string of the molecule is CC1CCN(C(=O)CN2CCNCC2C(=O)N(C)C)CC1. The van der Waals surface area contributed by atoms with E-state index in [1.54, 1.807) is 19.0 Å². The van der Waals surface area contributed by atoms with Crippen molar-refractivity contribution < 1.29 is 9.59 Å². The molecule has 0 aliphatic carbocycles. The van der Waals surface area contributed by atoms with Crippen molar-refractivity contribution in [2.24, 2.45) is 5.92 Å². The van der Waals surface area contributed by atoms with Crippen LogP contribution in [-0.4, -0.2) is 85.9 Å². The number of rotatable bonds is 3. The van der Waals surface area contributed by atoms with Gasteiger partial charge in [0.05, 0.1) is 6.54 Å². The summed E-state index contributed by atoms with van der Waals surface area (Å²) in [6.45, 7) is 6.53. The van der Waals surface area contributed by atoms with Crippen LogP contribution in [0.15, 0.2) is 0 Å². The van der Waals surface area contributed by atoms with Crippen molar-refractivity contribution in [2.45, 2.75) is 25.8 Å². The molecule has 0 aromatic carbocycles. The fourth-order valence-corrected chi connectivity index (χ4v) is 3.01. The average Bonchev–Trinajstić information content (AvgIpc) is 2.47. The monoisotopic (exact) mass is 296 g/mol. The summed E-state index contributed by atoms with van der Waals surface area (Å²) in [4.78, 5) is 30.3. The molecule has 2 heterocycles. The van der Waals surface area contributed by atoms with E-state index >= 15 is 0 Å². The van der Waals surface area contributed by atoms with Gasteiger partial charge in [0.1, 0.15) is 6.04 Å². The molecule has 0 aromatic rings. The Hall–Kier alpha value is -1.14. The third-order valence-corrected chi connectivity index (χ3v) is 4.55. The highest BCUT2D eigenvalue weighted by atomic mass is 16.2. The molecule has 2 rings (SSSR count). The Morgan fingerprint density at radius 3 is 2.48 bits per heavy atom. The summed E-state index contributed by atoms with van der Waals surface area (Å²) < 4.78 is 0. The number of carbonyl (C=O) groups excluding carboxylic acids is 2. The first-order valence-corrected chi connectivity index (χ1v) is 7.92. The number of piperidine rings is 1. The Labute approximate surface area is 127 Å². The zero-order chi connectivity index (χ0) is 15.4. The van der Waals surface area contributed by atoms with E-state index in [4.69, 9.17) is 0 Å². The molecular weight excluding hydrogens is 268 g/mol. The smallest absolute Gasteiger partial charge is 0.240 e. The number of likely N-dealkylation sites (N-methyl/N-ethyl adjacent to an activating group) is 1. The topological polar surface area (TPSA) is 55.9 Å². The second-order valence-electron chi connectivity index (χ2n) is 6.49. The molecule has 2 fully saturated rings. The van der Waals surface area contributed by atoms with Crippen molar-refractivity contribution in [3.05, 3.63) is 0 Å². The van der Waals surface area contributed by atoms with Crippen LogP contribution >= 0.6 is 0 Å². The Morgan fingerprint density at radius 1 is 1.19 bits per heavy atom. The van der Waals surface area contributed by atoms with Gasteiger partial charge in [0.15, 0.2) is 0 Å². The Bertz CT molecular complexity index is 378. The highest BCUT2D eigenvalue weighted by Crippen LogP contribution is 2.16. The number of piperazine rings is 1. The van der Waals surface area contributed by atoms with Crippen LogP contribution in [0, 0.1) is 5.92 Å². The van der Waals surface area contributed by atoms with E-state index in [1.165, 1.54) is 0 Å². The van der Waals surface area contributed by atoms with E-state index in [9.17, 15) is 9.59 Å². The Kier molecular flexibility index (Phi) is 5.58. The molecule has 0 saturated carbocycles. The number of nitrogens with zero attached hydrogens (tertiary/aromatic N) is 3. The zero-order valence-corrected chi connectivity index (χ0v) is 13.5. The molecule has 1 atom stereocenters. The lowest BCUT2D eigenvalue weighted by molar-refractivity contribution is -0.139. The third-order valence-electron chi connectivity index (χ3n) is 4.55. The van der Waals surface area contributed by atoms with Gasteiger partial charge in [0, 0.05) is 46.8 Å². The summed E-state index contributed by atoms with van der Waals surface area (Å²) in [7, 11) is 3.53. The molecule has 2 aliphatic rings. The molecule has 0 spiro atoms. The van der Waals surface area contributed by atoms with E-state index in [2.05, 4.69) is 12.2 Å². The minimum atomic E-state index is -0.221. The molecule has 2 aliphatic heterocycles. The van der Waals surface area contributed by atoms with Gasteiger partial charge < -0.3 is 15.1 Å². The summed E-state index contributed by atoms with van der Waals surface area (Å²) in [5, 5.41) is 3.25. The summed E-state index contributed by atoms with van der Waals surface area (Å²) in [6, 6.07) is -0.221. The number of nitrogens with one attached hydrogen (secondary N) is 1. The highest BCUT2D eigenvalue weighted by Gasteiger charge is 2.32. The van der Waals surface area contributed by atoms with Gasteiger partial charge in [-0.2, -0.15) is 0 Å². The van der Waals surface area contributed by atoms with Crippen LogP contribution in [0.25, 0.3) is 0 Å². The van der Waals surface area contributed by atoms with Gasteiger partial charge in [0.25, 0.3) is 0 Å². The second kappa shape index (κ2) is 7.22. The maximum atomic E-state index is 12.4. The van der Waals surface area contributed by atoms with Gasteiger partial charge in [-0.15, -0.1) is 0 Å². The molecular formula is C15H28N4O2. The van der Waals surface area contributed by atoms with E-state index in [0.717, 1.165) is 44.9 Å². The summed E-state index contributed by atoms with van der Waals surface area (Å²) >= 11 is 0. The lowest BCUT2D eigenvalue weighted by Gasteiger charge is -2.38. The van der Waals surface area contributed by atoms with Crippen molar-refractivity contribution in [3.8, 4) is 0 Å². The van der Waals surface area contributed by atoms with Crippen molar-refractivity contribution in [2.75, 3.05) is 53.4 Å². The summed E-state index contributed by atoms with van der Waals surface area (Å²) in [6.07, 6.45) is 2.18. The summed E-state index contributed by atoms with van der Waals surface area (Å²) in [5.41, 5.74) is 0. The first-order valence-electron chi connectivity index (χ1n) is 7.92. The molecule has 0 bridgehead atoms.